The first-order valence-electron chi connectivity index (χ1n) is 6.24. The van der Waals surface area contributed by atoms with E-state index in [2.05, 4.69) is 12.1 Å². The lowest BCUT2D eigenvalue weighted by atomic mass is 10.1. The van der Waals surface area contributed by atoms with Gasteiger partial charge in [-0.2, -0.15) is 0 Å². The van der Waals surface area contributed by atoms with Crippen molar-refractivity contribution in [2.45, 2.75) is 49.2 Å². The van der Waals surface area contributed by atoms with Crippen LogP contribution in [0.5, 0.6) is 0 Å². The molecule has 4 nitrogen and oxygen atoms in total. The summed E-state index contributed by atoms with van der Waals surface area (Å²) in [6.07, 6.45) is 1.43. The van der Waals surface area contributed by atoms with Gasteiger partial charge in [0.15, 0.2) is 0 Å². The average Bonchev–Trinajstić information content (AvgIpc) is 2.34. The van der Waals surface area contributed by atoms with Crippen LogP contribution in [0.1, 0.15) is 26.7 Å². The molecule has 2 N–H and O–H groups in total. The number of carboxylic acids is 1. The molecule has 0 saturated carbocycles. The standard InChI is InChI=1S/C12H16O2S.C2H4O2/c1-9-11(13)7-8-12(14-9)15-10-5-3-2-4-6-10;1-2(3)4/h2-6,9,11-13H,7-8H2,1H3;1H3,(H,3,4)/t9-,11+,12?;/m0./s1. The number of hydrogen-bond donors (Lipinski definition) is 2. The quantitative estimate of drug-likeness (QED) is 0.874. The van der Waals surface area contributed by atoms with E-state index in [-0.39, 0.29) is 17.6 Å². The van der Waals surface area contributed by atoms with Crippen LogP contribution in [0.25, 0.3) is 0 Å². The summed E-state index contributed by atoms with van der Waals surface area (Å²) in [5.41, 5.74) is 0.186. The molecular formula is C14H20O4S. The van der Waals surface area contributed by atoms with Gasteiger partial charge in [0.2, 0.25) is 0 Å². The van der Waals surface area contributed by atoms with Gasteiger partial charge in [0.25, 0.3) is 5.97 Å². The molecule has 3 atom stereocenters. The summed E-state index contributed by atoms with van der Waals surface area (Å²) in [5, 5.41) is 16.9. The fraction of sp³-hybridized carbons (Fsp3) is 0.500. The van der Waals surface area contributed by atoms with E-state index in [0.29, 0.717) is 0 Å². The van der Waals surface area contributed by atoms with Crippen LogP contribution in [0.15, 0.2) is 35.2 Å². The predicted octanol–water partition coefficient (Wildman–Crippen LogP) is 2.76. The molecule has 0 bridgehead atoms. The van der Waals surface area contributed by atoms with Gasteiger partial charge >= 0.3 is 0 Å². The number of rotatable bonds is 2. The minimum absolute atomic E-state index is 0.0417. The fourth-order valence-corrected chi connectivity index (χ4v) is 2.78. The Hall–Kier alpha value is -1.04. The molecule has 19 heavy (non-hydrogen) atoms. The molecule has 106 valence electrons. The van der Waals surface area contributed by atoms with E-state index in [0.717, 1.165) is 19.8 Å². The van der Waals surface area contributed by atoms with Crippen LogP contribution in [0.2, 0.25) is 0 Å². The largest absolute Gasteiger partial charge is 0.481 e. The number of aliphatic carboxylic acids is 1. The zero-order valence-electron chi connectivity index (χ0n) is 11.2. The highest BCUT2D eigenvalue weighted by Crippen LogP contribution is 2.32. The molecule has 1 fully saturated rings. The zero-order chi connectivity index (χ0) is 14.3. The van der Waals surface area contributed by atoms with Crippen LogP contribution in [0, 0.1) is 0 Å². The Balaban J connectivity index is 0.000000399. The van der Waals surface area contributed by atoms with Gasteiger partial charge in [-0.1, -0.05) is 30.0 Å². The second-order valence-electron chi connectivity index (χ2n) is 4.37. The Bertz CT molecular complexity index is 378. The highest BCUT2D eigenvalue weighted by molar-refractivity contribution is 7.99. The SMILES string of the molecule is CC(=O)O.C[C@@H]1OC(Sc2ccccc2)CC[C@H]1O. The normalized spacial score (nSPS) is 26.2. The van der Waals surface area contributed by atoms with Gasteiger partial charge in [0.05, 0.1) is 12.2 Å². The van der Waals surface area contributed by atoms with Crippen LogP contribution in [-0.2, 0) is 9.53 Å². The molecule has 0 aromatic heterocycles. The van der Waals surface area contributed by atoms with Crippen molar-refractivity contribution in [1.82, 2.24) is 0 Å². The van der Waals surface area contributed by atoms with Crippen LogP contribution >= 0.6 is 11.8 Å². The molecule has 1 aromatic rings. The molecule has 1 aliphatic heterocycles. The summed E-state index contributed by atoms with van der Waals surface area (Å²) in [4.78, 5) is 10.2. The van der Waals surface area contributed by atoms with Crippen molar-refractivity contribution in [2.75, 3.05) is 0 Å². The predicted molar refractivity (Wildman–Crippen MR) is 75.2 cm³/mol. The topological polar surface area (TPSA) is 66.8 Å². The van der Waals surface area contributed by atoms with E-state index in [1.165, 1.54) is 4.90 Å². The molecular weight excluding hydrogens is 264 g/mol. The van der Waals surface area contributed by atoms with E-state index in [1.54, 1.807) is 11.8 Å². The molecule has 1 aliphatic rings. The second kappa shape index (κ2) is 8.19. The van der Waals surface area contributed by atoms with E-state index >= 15 is 0 Å². The summed E-state index contributed by atoms with van der Waals surface area (Å²) in [7, 11) is 0. The van der Waals surface area contributed by atoms with Gasteiger partial charge in [-0.25, -0.2) is 0 Å². The third-order valence-electron chi connectivity index (χ3n) is 2.62. The summed E-state index contributed by atoms with van der Waals surface area (Å²) in [6.45, 7) is 3.02. The molecule has 1 aromatic carbocycles. The Morgan fingerprint density at radius 3 is 2.42 bits per heavy atom. The maximum Gasteiger partial charge on any atom is 0.300 e. The van der Waals surface area contributed by atoms with Gasteiger partial charge in [-0.3, -0.25) is 4.79 Å². The third kappa shape index (κ3) is 6.61. The number of benzene rings is 1. The molecule has 1 saturated heterocycles. The van der Waals surface area contributed by atoms with Gasteiger partial charge in [0, 0.05) is 11.8 Å². The summed E-state index contributed by atoms with van der Waals surface area (Å²) in [6, 6.07) is 10.2. The van der Waals surface area contributed by atoms with Crippen molar-refractivity contribution in [3.05, 3.63) is 30.3 Å². The molecule has 0 aliphatic carbocycles. The second-order valence-corrected chi connectivity index (χ2v) is 5.60. The third-order valence-corrected chi connectivity index (χ3v) is 3.77. The maximum atomic E-state index is 9.53. The molecule has 0 spiro atoms. The Morgan fingerprint density at radius 2 is 1.89 bits per heavy atom. The van der Waals surface area contributed by atoms with E-state index in [1.807, 2.05) is 25.1 Å². The van der Waals surface area contributed by atoms with Crippen molar-refractivity contribution in [3.63, 3.8) is 0 Å². The van der Waals surface area contributed by atoms with E-state index in [4.69, 9.17) is 14.6 Å². The number of aliphatic hydroxyl groups excluding tert-OH is 1. The first-order valence-corrected chi connectivity index (χ1v) is 7.11. The van der Waals surface area contributed by atoms with Crippen LogP contribution in [-0.4, -0.2) is 33.8 Å². The molecule has 5 heteroatoms. The van der Waals surface area contributed by atoms with Crippen molar-refractivity contribution < 1.29 is 19.7 Å². The molecule has 0 amide bonds. The number of aliphatic hydroxyl groups is 1. The van der Waals surface area contributed by atoms with Crippen LogP contribution in [0.4, 0.5) is 0 Å². The van der Waals surface area contributed by atoms with Crippen molar-refractivity contribution in [3.8, 4) is 0 Å². The van der Waals surface area contributed by atoms with E-state index < -0.39 is 5.97 Å². The van der Waals surface area contributed by atoms with Gasteiger partial charge < -0.3 is 14.9 Å². The maximum absolute atomic E-state index is 9.53. The smallest absolute Gasteiger partial charge is 0.300 e. The summed E-state index contributed by atoms with van der Waals surface area (Å²) < 4.78 is 5.72. The Kier molecular flexibility index (Phi) is 6.91. The molecule has 2 rings (SSSR count). The highest BCUT2D eigenvalue weighted by atomic mass is 32.2. The van der Waals surface area contributed by atoms with Crippen molar-refractivity contribution in [1.29, 1.82) is 0 Å². The number of thioether (sulfide) groups is 1. The zero-order valence-corrected chi connectivity index (χ0v) is 12.0. The number of carboxylic acid groups (broad SMARTS) is 1. The first kappa shape index (κ1) is 16.0. The minimum Gasteiger partial charge on any atom is -0.481 e. The number of carbonyl (C=O) groups is 1. The molecule has 0 radical (unpaired) electrons. The average molecular weight is 284 g/mol. The first-order chi connectivity index (χ1) is 8.99. The summed E-state index contributed by atoms with van der Waals surface area (Å²) in [5.74, 6) is -0.833. The lowest BCUT2D eigenvalue weighted by molar-refractivity contribution is -0.134. The molecule has 1 heterocycles. The van der Waals surface area contributed by atoms with Crippen LogP contribution < -0.4 is 0 Å². The summed E-state index contributed by atoms with van der Waals surface area (Å²) >= 11 is 1.74. The van der Waals surface area contributed by atoms with E-state index in [9.17, 15) is 5.11 Å². The highest BCUT2D eigenvalue weighted by Gasteiger charge is 2.26. The lowest BCUT2D eigenvalue weighted by Gasteiger charge is -2.31. The minimum atomic E-state index is -0.833. The van der Waals surface area contributed by atoms with Crippen LogP contribution in [0.3, 0.4) is 0 Å². The van der Waals surface area contributed by atoms with Gasteiger partial charge in [-0.15, -0.1) is 0 Å². The lowest BCUT2D eigenvalue weighted by Crippen LogP contribution is -2.35. The Labute approximate surface area is 117 Å². The molecule has 1 unspecified atom stereocenters. The van der Waals surface area contributed by atoms with Gasteiger partial charge in [-0.05, 0) is 31.9 Å². The fourth-order valence-electron chi connectivity index (χ4n) is 1.68. The van der Waals surface area contributed by atoms with Crippen molar-refractivity contribution >= 4 is 17.7 Å². The Morgan fingerprint density at radius 1 is 1.32 bits per heavy atom. The van der Waals surface area contributed by atoms with Crippen molar-refractivity contribution in [2.24, 2.45) is 0 Å². The number of ether oxygens (including phenoxy) is 1. The number of hydrogen-bond acceptors (Lipinski definition) is 4. The van der Waals surface area contributed by atoms with Gasteiger partial charge in [0.1, 0.15) is 5.44 Å². The monoisotopic (exact) mass is 284 g/mol.